The summed E-state index contributed by atoms with van der Waals surface area (Å²) in [7, 11) is 0. The molecule has 0 spiro atoms. The van der Waals surface area contributed by atoms with E-state index in [4.69, 9.17) is 4.42 Å². The first-order valence-corrected chi connectivity index (χ1v) is 17.9. The molecule has 0 aliphatic heterocycles. The van der Waals surface area contributed by atoms with Gasteiger partial charge in [0.15, 0.2) is 0 Å². The Labute approximate surface area is 296 Å². The molecule has 4 nitrogen and oxygen atoms in total. The first-order valence-electron chi connectivity index (χ1n) is 17.9. The molecule has 0 radical (unpaired) electrons. The highest BCUT2D eigenvalue weighted by atomic mass is 16.3. The van der Waals surface area contributed by atoms with Crippen molar-refractivity contribution in [3.05, 3.63) is 164 Å². The molecule has 0 aliphatic carbocycles. The average Bonchev–Trinajstić information content (AvgIpc) is 3.99. The number of para-hydroxylation sites is 5. The lowest BCUT2D eigenvalue weighted by Gasteiger charge is -2.26. The number of nitrogens with zero attached hydrogens (tertiary/aromatic N) is 3. The van der Waals surface area contributed by atoms with Crippen LogP contribution in [0.15, 0.2) is 168 Å². The van der Waals surface area contributed by atoms with Crippen molar-refractivity contribution in [2.45, 2.75) is 0 Å². The summed E-state index contributed by atoms with van der Waals surface area (Å²) >= 11 is 0. The van der Waals surface area contributed by atoms with Crippen molar-refractivity contribution in [2.24, 2.45) is 0 Å². The van der Waals surface area contributed by atoms with E-state index in [1.165, 1.54) is 81.9 Å². The normalized spacial score (nSPS) is 12.6. The van der Waals surface area contributed by atoms with Crippen molar-refractivity contribution >= 4 is 115 Å². The Morgan fingerprint density at radius 1 is 0.346 bits per heavy atom. The van der Waals surface area contributed by atoms with E-state index in [9.17, 15) is 0 Å². The third-order valence-corrected chi connectivity index (χ3v) is 11.5. The topological polar surface area (TPSA) is 25.2 Å². The van der Waals surface area contributed by atoms with Crippen LogP contribution in [0.5, 0.6) is 0 Å². The van der Waals surface area contributed by atoms with E-state index in [-0.39, 0.29) is 0 Å². The van der Waals surface area contributed by atoms with E-state index >= 15 is 0 Å². The number of fused-ring (bicyclic) bond motifs is 16. The van der Waals surface area contributed by atoms with Gasteiger partial charge in [-0.2, -0.15) is 0 Å². The van der Waals surface area contributed by atoms with Crippen molar-refractivity contribution in [3.8, 4) is 0 Å². The molecule has 8 aromatic carbocycles. The van der Waals surface area contributed by atoms with Gasteiger partial charge in [-0.1, -0.05) is 97.1 Å². The molecule has 0 N–H and O–H groups in total. The van der Waals surface area contributed by atoms with E-state index in [0.717, 1.165) is 33.3 Å². The summed E-state index contributed by atoms with van der Waals surface area (Å²) in [4.78, 5) is 2.41. The Morgan fingerprint density at radius 3 is 1.67 bits per heavy atom. The zero-order valence-corrected chi connectivity index (χ0v) is 27.8. The highest BCUT2D eigenvalue weighted by molar-refractivity contribution is 6.39. The summed E-state index contributed by atoms with van der Waals surface area (Å²) in [5.41, 5.74) is 12.7. The van der Waals surface area contributed by atoms with Gasteiger partial charge in [0.1, 0.15) is 11.2 Å². The maximum absolute atomic E-state index is 6.44. The first kappa shape index (κ1) is 26.8. The Bertz CT molecular complexity index is 3530. The van der Waals surface area contributed by atoms with Crippen LogP contribution in [0.25, 0.3) is 98.1 Å². The standard InChI is InChI=1S/C48H27N3O/c1-3-13-28(14-4-1)49(29-15-5-2-6-16-29)39-24-23-33-44-41(51-37-20-10-7-18-31(37)45(39)47(33)51)26-36-34-25-35-30-17-9-12-22-42(30)52-43(35)27-40(34)50-38-21-11-8-19-32(38)46(44)48(36)50/h1-27H. The minimum absolute atomic E-state index is 0.920. The number of hydrogen-bond acceptors (Lipinski definition) is 2. The number of rotatable bonds is 3. The molecule has 0 amide bonds. The lowest BCUT2D eigenvalue weighted by Crippen LogP contribution is -2.10. The molecular formula is C48H27N3O. The molecule has 0 aliphatic rings. The Kier molecular flexibility index (Phi) is 4.83. The van der Waals surface area contributed by atoms with Gasteiger partial charge < -0.3 is 18.1 Å². The molecule has 240 valence electrons. The molecule has 13 rings (SSSR count). The zero-order valence-electron chi connectivity index (χ0n) is 27.8. The average molecular weight is 662 g/mol. The van der Waals surface area contributed by atoms with Gasteiger partial charge in [-0.15, -0.1) is 0 Å². The van der Waals surface area contributed by atoms with Crippen molar-refractivity contribution in [1.82, 2.24) is 8.80 Å². The molecule has 0 saturated heterocycles. The molecule has 0 atom stereocenters. The summed E-state index contributed by atoms with van der Waals surface area (Å²) in [6.07, 6.45) is 0. The van der Waals surface area contributed by atoms with E-state index in [0.29, 0.717) is 0 Å². The minimum Gasteiger partial charge on any atom is -0.456 e. The second-order valence-corrected chi connectivity index (χ2v) is 14.1. The van der Waals surface area contributed by atoms with Crippen molar-refractivity contribution in [3.63, 3.8) is 0 Å². The van der Waals surface area contributed by atoms with Crippen LogP contribution in [0, 0.1) is 0 Å². The predicted octanol–water partition coefficient (Wildman–Crippen LogP) is 13.4. The second kappa shape index (κ2) is 9.39. The van der Waals surface area contributed by atoms with E-state index in [1.54, 1.807) is 0 Å². The van der Waals surface area contributed by atoms with Gasteiger partial charge in [-0.3, -0.25) is 0 Å². The highest BCUT2D eigenvalue weighted by Gasteiger charge is 2.28. The monoisotopic (exact) mass is 661 g/mol. The van der Waals surface area contributed by atoms with Crippen molar-refractivity contribution in [2.75, 3.05) is 4.90 Å². The molecule has 0 unspecified atom stereocenters. The van der Waals surface area contributed by atoms with E-state index < -0.39 is 0 Å². The summed E-state index contributed by atoms with van der Waals surface area (Å²) in [5.74, 6) is 0. The summed E-state index contributed by atoms with van der Waals surface area (Å²) in [6, 6.07) is 59.5. The predicted molar refractivity (Wildman–Crippen MR) is 218 cm³/mol. The van der Waals surface area contributed by atoms with Gasteiger partial charge in [0.25, 0.3) is 0 Å². The Morgan fingerprint density at radius 2 is 0.942 bits per heavy atom. The maximum Gasteiger partial charge on any atom is 0.137 e. The molecule has 52 heavy (non-hydrogen) atoms. The van der Waals surface area contributed by atoms with E-state index in [2.05, 4.69) is 171 Å². The first-order chi connectivity index (χ1) is 25.8. The molecule has 0 saturated carbocycles. The fourth-order valence-corrected chi connectivity index (χ4v) is 9.52. The fourth-order valence-electron chi connectivity index (χ4n) is 9.52. The minimum atomic E-state index is 0.920. The molecular weight excluding hydrogens is 635 g/mol. The summed E-state index contributed by atoms with van der Waals surface area (Å²) in [5, 5.41) is 12.5. The number of aromatic nitrogens is 2. The van der Waals surface area contributed by atoms with Crippen LogP contribution in [0.3, 0.4) is 0 Å². The summed E-state index contributed by atoms with van der Waals surface area (Å²) < 4.78 is 11.5. The van der Waals surface area contributed by atoms with Crippen LogP contribution in [0.4, 0.5) is 17.1 Å². The summed E-state index contributed by atoms with van der Waals surface area (Å²) in [6.45, 7) is 0. The number of furan rings is 1. The fraction of sp³-hybridized carbons (Fsp3) is 0. The number of benzene rings is 8. The number of anilines is 3. The largest absolute Gasteiger partial charge is 0.456 e. The Balaban J connectivity index is 1.25. The van der Waals surface area contributed by atoms with Gasteiger partial charge in [-0.05, 0) is 60.7 Å². The van der Waals surface area contributed by atoms with Crippen LogP contribution in [0.1, 0.15) is 0 Å². The maximum atomic E-state index is 6.44. The van der Waals surface area contributed by atoms with Gasteiger partial charge in [0.2, 0.25) is 0 Å². The SMILES string of the molecule is c1ccc(N(c2ccccc2)c2ccc3c4c5c6ccccc6n6c7cc8oc9ccccc9c8cc7c(cc4n4c7ccccc7c2c34)c56)cc1. The zero-order chi connectivity index (χ0) is 33.7. The third-order valence-electron chi connectivity index (χ3n) is 11.5. The molecule has 0 bridgehead atoms. The van der Waals surface area contributed by atoms with Gasteiger partial charge in [-0.25, -0.2) is 0 Å². The van der Waals surface area contributed by atoms with E-state index in [1.807, 2.05) is 6.07 Å². The van der Waals surface area contributed by atoms with Crippen LogP contribution in [-0.2, 0) is 0 Å². The van der Waals surface area contributed by atoms with Crippen LogP contribution >= 0.6 is 0 Å². The number of hydrogen-bond donors (Lipinski definition) is 0. The quantitative estimate of drug-likeness (QED) is 0.188. The van der Waals surface area contributed by atoms with Gasteiger partial charge in [0.05, 0.1) is 38.8 Å². The Hall–Kier alpha value is -7.04. The molecule has 5 aromatic heterocycles. The lowest BCUT2D eigenvalue weighted by atomic mass is 9.99. The van der Waals surface area contributed by atoms with Crippen molar-refractivity contribution < 1.29 is 4.42 Å². The molecule has 5 heterocycles. The van der Waals surface area contributed by atoms with Crippen LogP contribution in [0.2, 0.25) is 0 Å². The second-order valence-electron chi connectivity index (χ2n) is 14.1. The third kappa shape index (κ3) is 3.15. The lowest BCUT2D eigenvalue weighted by molar-refractivity contribution is 0.669. The van der Waals surface area contributed by atoms with Crippen LogP contribution in [-0.4, -0.2) is 8.80 Å². The smallest absolute Gasteiger partial charge is 0.137 e. The molecule has 4 heteroatoms. The van der Waals surface area contributed by atoms with Gasteiger partial charge in [0, 0.05) is 71.3 Å². The van der Waals surface area contributed by atoms with Crippen LogP contribution < -0.4 is 4.90 Å². The highest BCUT2D eigenvalue weighted by Crippen LogP contribution is 2.51. The molecule has 13 aromatic rings. The van der Waals surface area contributed by atoms with Gasteiger partial charge >= 0.3 is 0 Å². The van der Waals surface area contributed by atoms with Crippen molar-refractivity contribution in [1.29, 1.82) is 0 Å². The molecule has 0 fully saturated rings.